The lowest BCUT2D eigenvalue weighted by Gasteiger charge is -2.23. The highest BCUT2D eigenvalue weighted by atomic mass is 16.3. The number of aliphatic hydroxyl groups is 1. The van der Waals surface area contributed by atoms with E-state index >= 15 is 0 Å². The topological polar surface area (TPSA) is 92.3 Å². The fourth-order valence-electron chi connectivity index (χ4n) is 2.99. The fraction of sp³-hybridized carbons (Fsp3) is 0.368. The molecule has 1 saturated carbocycles. The summed E-state index contributed by atoms with van der Waals surface area (Å²) in [5.41, 5.74) is 7.68. The van der Waals surface area contributed by atoms with Gasteiger partial charge in [-0.2, -0.15) is 0 Å². The van der Waals surface area contributed by atoms with Crippen LogP contribution in [0.25, 0.3) is 11.3 Å². The van der Waals surface area contributed by atoms with Crippen molar-refractivity contribution in [1.82, 2.24) is 10.2 Å². The summed E-state index contributed by atoms with van der Waals surface area (Å²) < 4.78 is 0. The molecule has 4 N–H and O–H groups in total. The Labute approximate surface area is 141 Å². The highest BCUT2D eigenvalue weighted by Crippen LogP contribution is 2.29. The first kappa shape index (κ1) is 16.3. The minimum Gasteiger partial charge on any atom is -0.507 e. The number of para-hydroxylation sites is 1. The maximum Gasteiger partial charge on any atom is 0.161 e. The number of hydrogen-bond acceptors (Lipinski definition) is 5. The molecule has 0 saturated heterocycles. The van der Waals surface area contributed by atoms with Crippen molar-refractivity contribution in [2.45, 2.75) is 25.7 Å². The first-order valence-electron chi connectivity index (χ1n) is 8.21. The summed E-state index contributed by atoms with van der Waals surface area (Å²) in [4.78, 5) is 0. The van der Waals surface area contributed by atoms with Crippen LogP contribution in [0.3, 0.4) is 0 Å². The second-order valence-electron chi connectivity index (χ2n) is 6.22. The van der Waals surface area contributed by atoms with Gasteiger partial charge in [0.1, 0.15) is 5.75 Å². The van der Waals surface area contributed by atoms with Gasteiger partial charge in [0, 0.05) is 18.1 Å². The predicted molar refractivity (Wildman–Crippen MR) is 93.0 cm³/mol. The van der Waals surface area contributed by atoms with Crippen LogP contribution in [0.1, 0.15) is 31.2 Å². The Morgan fingerprint density at radius 3 is 2.58 bits per heavy atom. The van der Waals surface area contributed by atoms with Gasteiger partial charge in [0.05, 0.1) is 11.3 Å². The molecule has 1 heterocycles. The van der Waals surface area contributed by atoms with Crippen LogP contribution < -0.4 is 5.73 Å². The van der Waals surface area contributed by atoms with Gasteiger partial charge in [0.15, 0.2) is 5.82 Å². The first-order chi connectivity index (χ1) is 11.7. The molecule has 3 rings (SSSR count). The Morgan fingerprint density at radius 2 is 1.88 bits per heavy atom. The molecule has 2 aromatic rings. The summed E-state index contributed by atoms with van der Waals surface area (Å²) in [7, 11) is 0. The number of aliphatic hydroxyl groups excluding tert-OH is 1. The maximum absolute atomic E-state index is 9.95. The van der Waals surface area contributed by atoms with E-state index in [0.717, 1.165) is 25.7 Å². The molecule has 0 atom stereocenters. The minimum atomic E-state index is 0.151. The van der Waals surface area contributed by atoms with Crippen molar-refractivity contribution in [3.05, 3.63) is 35.9 Å². The molecule has 1 aromatic heterocycles. The zero-order valence-electron chi connectivity index (χ0n) is 13.4. The lowest BCUT2D eigenvalue weighted by atomic mass is 9.83. The number of rotatable bonds is 2. The van der Waals surface area contributed by atoms with E-state index in [0.29, 0.717) is 34.5 Å². The van der Waals surface area contributed by atoms with E-state index < -0.39 is 0 Å². The smallest absolute Gasteiger partial charge is 0.161 e. The molecule has 1 aromatic carbocycles. The van der Waals surface area contributed by atoms with Crippen LogP contribution in [0.4, 0.5) is 5.82 Å². The summed E-state index contributed by atoms with van der Waals surface area (Å²) in [5.74, 6) is 7.59. The molecule has 1 aliphatic carbocycles. The standard InChI is InChI=1S/C19H21N3O2/c20-19-15(10-9-13-5-7-14(12-23)8-6-13)11-17(21-22-19)16-3-1-2-4-18(16)24/h1-4,11,13-14,23-24H,5-8,12H2,(H2,20,22)/t13-,14+. The molecule has 1 aliphatic rings. The number of nitrogen functional groups attached to an aromatic ring is 1. The summed E-state index contributed by atoms with van der Waals surface area (Å²) in [6.07, 6.45) is 4.04. The average Bonchev–Trinajstić information content (AvgIpc) is 2.62. The second kappa shape index (κ2) is 7.33. The van der Waals surface area contributed by atoms with Gasteiger partial charge in [-0.15, -0.1) is 10.2 Å². The molecule has 0 unspecified atom stereocenters. The Bertz CT molecular complexity index is 772. The van der Waals surface area contributed by atoms with Gasteiger partial charge in [-0.1, -0.05) is 24.0 Å². The summed E-state index contributed by atoms with van der Waals surface area (Å²) in [6, 6.07) is 8.75. The SMILES string of the molecule is Nc1nnc(-c2ccccc2O)cc1C#C[C@H]1CC[C@@H](CO)CC1. The van der Waals surface area contributed by atoms with Gasteiger partial charge in [-0.05, 0) is 49.8 Å². The molecular weight excluding hydrogens is 302 g/mol. The van der Waals surface area contributed by atoms with E-state index in [4.69, 9.17) is 5.73 Å². The van der Waals surface area contributed by atoms with Crippen LogP contribution in [0, 0.1) is 23.7 Å². The van der Waals surface area contributed by atoms with Crippen molar-refractivity contribution in [2.24, 2.45) is 11.8 Å². The molecular formula is C19H21N3O2. The molecule has 0 spiro atoms. The molecule has 0 radical (unpaired) electrons. The van der Waals surface area contributed by atoms with Crippen molar-refractivity contribution in [2.75, 3.05) is 12.3 Å². The highest BCUT2D eigenvalue weighted by Gasteiger charge is 2.19. The average molecular weight is 323 g/mol. The van der Waals surface area contributed by atoms with Crippen LogP contribution in [0.2, 0.25) is 0 Å². The van der Waals surface area contributed by atoms with E-state index in [2.05, 4.69) is 22.0 Å². The quantitative estimate of drug-likeness (QED) is 0.739. The van der Waals surface area contributed by atoms with Gasteiger partial charge in [-0.25, -0.2) is 0 Å². The Hall–Kier alpha value is -2.58. The maximum atomic E-state index is 9.95. The van der Waals surface area contributed by atoms with Crippen LogP contribution in [0.15, 0.2) is 30.3 Å². The fourth-order valence-corrected chi connectivity index (χ4v) is 2.99. The van der Waals surface area contributed by atoms with Crippen molar-refractivity contribution < 1.29 is 10.2 Å². The predicted octanol–water partition coefficient (Wildman–Crippen LogP) is 2.58. The number of benzene rings is 1. The molecule has 24 heavy (non-hydrogen) atoms. The van der Waals surface area contributed by atoms with Crippen molar-refractivity contribution in [3.8, 4) is 28.8 Å². The minimum absolute atomic E-state index is 0.151. The van der Waals surface area contributed by atoms with Crippen molar-refractivity contribution in [3.63, 3.8) is 0 Å². The normalized spacial score (nSPS) is 20.2. The van der Waals surface area contributed by atoms with Crippen molar-refractivity contribution >= 4 is 5.82 Å². The summed E-state index contributed by atoms with van der Waals surface area (Å²) in [6.45, 7) is 0.269. The Kier molecular flexibility index (Phi) is 4.97. The number of phenolic OH excluding ortho intramolecular Hbond substituents is 1. The Balaban J connectivity index is 1.81. The van der Waals surface area contributed by atoms with Crippen molar-refractivity contribution in [1.29, 1.82) is 0 Å². The highest BCUT2D eigenvalue weighted by molar-refractivity contribution is 5.69. The second-order valence-corrected chi connectivity index (χ2v) is 6.22. The van der Waals surface area contributed by atoms with E-state index in [1.807, 2.05) is 6.07 Å². The molecule has 1 fully saturated rings. The van der Waals surface area contributed by atoms with Crippen LogP contribution >= 0.6 is 0 Å². The van der Waals surface area contributed by atoms with E-state index in [-0.39, 0.29) is 12.4 Å². The zero-order chi connectivity index (χ0) is 16.9. The number of aromatic nitrogens is 2. The number of hydrogen-bond donors (Lipinski definition) is 3. The molecule has 5 heteroatoms. The number of nitrogens with two attached hydrogens (primary N) is 1. The first-order valence-corrected chi connectivity index (χ1v) is 8.21. The third-order valence-electron chi connectivity index (χ3n) is 4.52. The Morgan fingerprint density at radius 1 is 1.12 bits per heavy atom. The van der Waals surface area contributed by atoms with Crippen LogP contribution in [-0.4, -0.2) is 27.0 Å². The number of aromatic hydroxyl groups is 1. The van der Waals surface area contributed by atoms with Gasteiger partial charge >= 0.3 is 0 Å². The third-order valence-corrected chi connectivity index (χ3v) is 4.52. The molecule has 0 amide bonds. The lowest BCUT2D eigenvalue weighted by Crippen LogP contribution is -2.16. The van der Waals surface area contributed by atoms with E-state index in [1.54, 1.807) is 24.3 Å². The van der Waals surface area contributed by atoms with E-state index in [1.165, 1.54) is 0 Å². The summed E-state index contributed by atoms with van der Waals surface area (Å²) >= 11 is 0. The molecule has 5 nitrogen and oxygen atoms in total. The monoisotopic (exact) mass is 323 g/mol. The van der Waals surface area contributed by atoms with Gasteiger partial charge in [0.25, 0.3) is 0 Å². The van der Waals surface area contributed by atoms with Gasteiger partial charge < -0.3 is 15.9 Å². The number of phenols is 1. The van der Waals surface area contributed by atoms with Gasteiger partial charge in [0.2, 0.25) is 0 Å². The lowest BCUT2D eigenvalue weighted by molar-refractivity contribution is 0.179. The largest absolute Gasteiger partial charge is 0.507 e. The van der Waals surface area contributed by atoms with E-state index in [9.17, 15) is 10.2 Å². The molecule has 0 aliphatic heterocycles. The van der Waals surface area contributed by atoms with Gasteiger partial charge in [-0.3, -0.25) is 0 Å². The van der Waals surface area contributed by atoms with Crippen LogP contribution in [-0.2, 0) is 0 Å². The zero-order valence-corrected chi connectivity index (χ0v) is 13.4. The molecule has 0 bridgehead atoms. The number of anilines is 1. The molecule has 124 valence electrons. The third kappa shape index (κ3) is 3.66. The number of nitrogens with zero attached hydrogens (tertiary/aromatic N) is 2. The van der Waals surface area contributed by atoms with Crippen LogP contribution in [0.5, 0.6) is 5.75 Å². The summed E-state index contributed by atoms with van der Waals surface area (Å²) in [5, 5.41) is 27.2.